The molecule has 2 aromatic heterocycles. The molecule has 1 amide bonds. The Balaban J connectivity index is 1.45. The van der Waals surface area contributed by atoms with E-state index in [0.29, 0.717) is 17.2 Å². The van der Waals surface area contributed by atoms with E-state index in [-0.39, 0.29) is 5.91 Å². The van der Waals surface area contributed by atoms with Crippen LogP contribution in [0.5, 0.6) is 11.5 Å². The van der Waals surface area contributed by atoms with Crippen molar-refractivity contribution in [2.75, 3.05) is 18.9 Å². The van der Waals surface area contributed by atoms with Gasteiger partial charge in [0.2, 0.25) is 0 Å². The molecule has 1 aliphatic carbocycles. The van der Waals surface area contributed by atoms with Crippen molar-refractivity contribution in [3.63, 3.8) is 0 Å². The molecule has 150 valence electrons. The van der Waals surface area contributed by atoms with Gasteiger partial charge in [-0.3, -0.25) is 9.78 Å². The summed E-state index contributed by atoms with van der Waals surface area (Å²) in [5.41, 5.74) is 1.24. The van der Waals surface area contributed by atoms with Crippen LogP contribution in [0.15, 0.2) is 48.7 Å². The van der Waals surface area contributed by atoms with E-state index < -0.39 is 0 Å². The number of hydrogen-bond donors (Lipinski definition) is 2. The van der Waals surface area contributed by atoms with Gasteiger partial charge in [-0.1, -0.05) is 19.3 Å². The molecule has 0 saturated heterocycles. The fraction of sp³-hybridized carbons (Fsp3) is 0.348. The summed E-state index contributed by atoms with van der Waals surface area (Å²) in [6, 6.07) is 13.2. The number of carbonyl (C=O) groups is 1. The van der Waals surface area contributed by atoms with E-state index in [1.807, 2.05) is 24.3 Å². The maximum atomic E-state index is 11.7. The monoisotopic (exact) mass is 390 g/mol. The second-order valence-electron chi connectivity index (χ2n) is 7.49. The first-order valence-corrected chi connectivity index (χ1v) is 10.2. The second kappa shape index (κ2) is 8.90. The van der Waals surface area contributed by atoms with Crippen LogP contribution >= 0.6 is 0 Å². The van der Waals surface area contributed by atoms with Crippen molar-refractivity contribution >= 4 is 22.6 Å². The number of rotatable bonds is 6. The maximum Gasteiger partial charge on any atom is 0.269 e. The molecule has 0 spiro atoms. The molecule has 0 atom stereocenters. The number of nitrogens with one attached hydrogen (secondary N) is 2. The van der Waals surface area contributed by atoms with Gasteiger partial charge in [-0.15, -0.1) is 0 Å². The van der Waals surface area contributed by atoms with Crippen molar-refractivity contribution < 1.29 is 9.53 Å². The van der Waals surface area contributed by atoms with Crippen LogP contribution in [0.1, 0.15) is 42.6 Å². The summed E-state index contributed by atoms with van der Waals surface area (Å²) in [6.45, 7) is 0.995. The largest absolute Gasteiger partial charge is 0.457 e. The van der Waals surface area contributed by atoms with Crippen LogP contribution in [0, 0.1) is 5.92 Å². The number of benzene rings is 1. The van der Waals surface area contributed by atoms with E-state index in [0.717, 1.165) is 29.2 Å². The standard InChI is InChI=1S/C23H26N4O2/c1-24-23(28)21-14-19(11-12-25-21)29-18-8-9-20-17(13-18)7-10-22(27-20)26-15-16-5-3-2-4-6-16/h7-14,16H,2-6,15H2,1H3,(H,24,28)(H,26,27). The summed E-state index contributed by atoms with van der Waals surface area (Å²) in [7, 11) is 1.58. The molecule has 1 aliphatic rings. The van der Waals surface area contributed by atoms with E-state index in [1.54, 1.807) is 25.4 Å². The number of nitrogens with zero attached hydrogens (tertiary/aromatic N) is 2. The topological polar surface area (TPSA) is 76.1 Å². The zero-order valence-electron chi connectivity index (χ0n) is 16.6. The van der Waals surface area contributed by atoms with Crippen LogP contribution in [-0.2, 0) is 0 Å². The lowest BCUT2D eigenvalue weighted by Gasteiger charge is -2.22. The highest BCUT2D eigenvalue weighted by atomic mass is 16.5. The molecule has 6 nitrogen and oxygen atoms in total. The van der Waals surface area contributed by atoms with Crippen molar-refractivity contribution in [1.29, 1.82) is 0 Å². The number of pyridine rings is 2. The Bertz CT molecular complexity index is 999. The Morgan fingerprint density at radius 1 is 1.07 bits per heavy atom. The number of anilines is 1. The van der Waals surface area contributed by atoms with Gasteiger partial charge in [0, 0.05) is 31.2 Å². The number of ether oxygens (including phenoxy) is 1. The van der Waals surface area contributed by atoms with Crippen LogP contribution in [0.2, 0.25) is 0 Å². The number of aromatic nitrogens is 2. The van der Waals surface area contributed by atoms with Crippen LogP contribution in [0.3, 0.4) is 0 Å². The molecule has 0 unspecified atom stereocenters. The highest BCUT2D eigenvalue weighted by molar-refractivity contribution is 5.92. The van der Waals surface area contributed by atoms with Crippen molar-refractivity contribution in [3.05, 3.63) is 54.4 Å². The number of carbonyl (C=O) groups excluding carboxylic acids is 1. The Morgan fingerprint density at radius 3 is 2.72 bits per heavy atom. The molecule has 1 fully saturated rings. The van der Waals surface area contributed by atoms with E-state index >= 15 is 0 Å². The van der Waals surface area contributed by atoms with Crippen LogP contribution in [-0.4, -0.2) is 29.5 Å². The first-order valence-electron chi connectivity index (χ1n) is 10.2. The zero-order chi connectivity index (χ0) is 20.1. The van der Waals surface area contributed by atoms with Gasteiger partial charge in [0.15, 0.2) is 0 Å². The fourth-order valence-electron chi connectivity index (χ4n) is 3.77. The van der Waals surface area contributed by atoms with E-state index in [4.69, 9.17) is 9.72 Å². The summed E-state index contributed by atoms with van der Waals surface area (Å²) in [4.78, 5) is 20.5. The summed E-state index contributed by atoms with van der Waals surface area (Å²) in [5, 5.41) is 7.06. The third-order valence-corrected chi connectivity index (χ3v) is 5.38. The highest BCUT2D eigenvalue weighted by Gasteiger charge is 2.13. The van der Waals surface area contributed by atoms with Gasteiger partial charge in [-0.05, 0) is 55.2 Å². The minimum Gasteiger partial charge on any atom is -0.457 e. The van der Waals surface area contributed by atoms with Crippen molar-refractivity contribution in [2.45, 2.75) is 32.1 Å². The van der Waals surface area contributed by atoms with Crippen LogP contribution < -0.4 is 15.4 Å². The molecule has 6 heteroatoms. The van der Waals surface area contributed by atoms with Gasteiger partial charge < -0.3 is 15.4 Å². The van der Waals surface area contributed by atoms with Crippen molar-refractivity contribution in [1.82, 2.24) is 15.3 Å². The molecule has 29 heavy (non-hydrogen) atoms. The Hall–Kier alpha value is -3.15. The summed E-state index contributed by atoms with van der Waals surface area (Å²) < 4.78 is 5.92. The lowest BCUT2D eigenvalue weighted by molar-refractivity contribution is 0.0958. The van der Waals surface area contributed by atoms with Crippen molar-refractivity contribution in [2.24, 2.45) is 5.92 Å². The molecule has 0 radical (unpaired) electrons. The lowest BCUT2D eigenvalue weighted by Crippen LogP contribution is -2.18. The van der Waals surface area contributed by atoms with Gasteiger partial charge in [0.05, 0.1) is 5.52 Å². The van der Waals surface area contributed by atoms with Crippen molar-refractivity contribution in [3.8, 4) is 11.5 Å². The third kappa shape index (κ3) is 4.83. The highest BCUT2D eigenvalue weighted by Crippen LogP contribution is 2.27. The number of hydrogen-bond acceptors (Lipinski definition) is 5. The zero-order valence-corrected chi connectivity index (χ0v) is 16.6. The summed E-state index contributed by atoms with van der Waals surface area (Å²) >= 11 is 0. The van der Waals surface area contributed by atoms with Crippen LogP contribution in [0.4, 0.5) is 5.82 Å². The summed E-state index contributed by atoms with van der Waals surface area (Å²) in [6.07, 6.45) is 8.27. The molecule has 2 N–H and O–H groups in total. The second-order valence-corrected chi connectivity index (χ2v) is 7.49. The fourth-order valence-corrected chi connectivity index (χ4v) is 3.77. The quantitative estimate of drug-likeness (QED) is 0.634. The molecule has 2 heterocycles. The first kappa shape index (κ1) is 19.2. The SMILES string of the molecule is CNC(=O)c1cc(Oc2ccc3nc(NCC4CCCCC4)ccc3c2)ccn1. The predicted molar refractivity (Wildman–Crippen MR) is 115 cm³/mol. The molecular weight excluding hydrogens is 364 g/mol. The number of amides is 1. The smallest absolute Gasteiger partial charge is 0.269 e. The number of fused-ring (bicyclic) bond motifs is 1. The van der Waals surface area contributed by atoms with Crippen LogP contribution in [0.25, 0.3) is 10.9 Å². The minimum atomic E-state index is -0.244. The summed E-state index contributed by atoms with van der Waals surface area (Å²) in [5.74, 6) is 2.69. The maximum absolute atomic E-state index is 11.7. The molecule has 3 aromatic rings. The van der Waals surface area contributed by atoms with Gasteiger partial charge >= 0.3 is 0 Å². The predicted octanol–water partition coefficient (Wildman–Crippen LogP) is 4.77. The van der Waals surface area contributed by atoms with Gasteiger partial charge in [-0.2, -0.15) is 0 Å². The van der Waals surface area contributed by atoms with Gasteiger partial charge in [0.25, 0.3) is 5.91 Å². The molecule has 4 rings (SSSR count). The Labute approximate surface area is 170 Å². The Morgan fingerprint density at radius 2 is 1.90 bits per heavy atom. The van der Waals surface area contributed by atoms with E-state index in [1.165, 1.54) is 32.1 Å². The molecule has 0 bridgehead atoms. The minimum absolute atomic E-state index is 0.244. The average Bonchev–Trinajstić information content (AvgIpc) is 2.78. The van der Waals surface area contributed by atoms with Gasteiger partial charge in [-0.25, -0.2) is 4.98 Å². The lowest BCUT2D eigenvalue weighted by atomic mass is 9.89. The molecule has 0 aliphatic heterocycles. The van der Waals surface area contributed by atoms with E-state index in [2.05, 4.69) is 21.7 Å². The normalized spacial score (nSPS) is 14.5. The molecular formula is C23H26N4O2. The average molecular weight is 390 g/mol. The Kier molecular flexibility index (Phi) is 5.89. The molecule has 1 aromatic carbocycles. The van der Waals surface area contributed by atoms with Gasteiger partial charge in [0.1, 0.15) is 23.0 Å². The third-order valence-electron chi connectivity index (χ3n) is 5.38. The first-order chi connectivity index (χ1) is 14.2. The van der Waals surface area contributed by atoms with E-state index in [9.17, 15) is 4.79 Å². The molecule has 1 saturated carbocycles.